The minimum atomic E-state index is 0.276. The first-order chi connectivity index (χ1) is 8.31. The van der Waals surface area contributed by atoms with Crippen molar-refractivity contribution in [3.05, 3.63) is 35.2 Å². The number of rotatable bonds is 2. The highest BCUT2D eigenvalue weighted by Gasteiger charge is 2.13. The number of hydrogen-bond donors (Lipinski definition) is 1. The van der Waals surface area contributed by atoms with Crippen LogP contribution in [0.4, 0.5) is 11.5 Å². The second-order valence-corrected chi connectivity index (χ2v) is 4.23. The van der Waals surface area contributed by atoms with Crippen LogP contribution in [0.3, 0.4) is 0 Å². The van der Waals surface area contributed by atoms with Crippen LogP contribution in [0.15, 0.2) is 35.2 Å². The standard InChI is InChI=1S/C11H8BrN3O2/c12-10-4-11(14-5-13-10)15-7-1-2-8-9(3-7)17-6-16-8/h1-5H,6H2,(H,13,14,15). The van der Waals surface area contributed by atoms with Crippen LogP contribution >= 0.6 is 15.9 Å². The van der Waals surface area contributed by atoms with Gasteiger partial charge in [0.2, 0.25) is 6.79 Å². The Kier molecular flexibility index (Phi) is 2.56. The van der Waals surface area contributed by atoms with E-state index in [4.69, 9.17) is 9.47 Å². The molecular formula is C11H8BrN3O2. The van der Waals surface area contributed by atoms with E-state index in [9.17, 15) is 0 Å². The van der Waals surface area contributed by atoms with Crippen LogP contribution in [0.1, 0.15) is 0 Å². The van der Waals surface area contributed by atoms with Crippen molar-refractivity contribution in [2.75, 3.05) is 12.1 Å². The molecule has 6 heteroatoms. The SMILES string of the molecule is Brc1cc(Nc2ccc3c(c2)OCO3)ncn1. The van der Waals surface area contributed by atoms with Crippen LogP contribution in [0.5, 0.6) is 11.5 Å². The summed E-state index contributed by atoms with van der Waals surface area (Å²) in [4.78, 5) is 8.06. The normalized spacial score (nSPS) is 12.5. The summed E-state index contributed by atoms with van der Waals surface area (Å²) in [6.45, 7) is 0.276. The third-order valence-corrected chi connectivity index (χ3v) is 2.71. The smallest absolute Gasteiger partial charge is 0.231 e. The van der Waals surface area contributed by atoms with Crippen molar-refractivity contribution in [2.24, 2.45) is 0 Å². The van der Waals surface area contributed by atoms with Crippen molar-refractivity contribution in [3.63, 3.8) is 0 Å². The zero-order valence-electron chi connectivity index (χ0n) is 8.68. The summed E-state index contributed by atoms with van der Waals surface area (Å²) >= 11 is 3.29. The summed E-state index contributed by atoms with van der Waals surface area (Å²) in [7, 11) is 0. The molecule has 0 aliphatic carbocycles. The van der Waals surface area contributed by atoms with Gasteiger partial charge in [0.15, 0.2) is 11.5 Å². The highest BCUT2D eigenvalue weighted by Crippen LogP contribution is 2.34. The number of hydrogen-bond acceptors (Lipinski definition) is 5. The monoisotopic (exact) mass is 293 g/mol. The molecule has 2 heterocycles. The van der Waals surface area contributed by atoms with Crippen LogP contribution in [0, 0.1) is 0 Å². The number of nitrogens with one attached hydrogen (secondary N) is 1. The fourth-order valence-corrected chi connectivity index (χ4v) is 1.83. The van der Waals surface area contributed by atoms with Crippen molar-refractivity contribution in [1.29, 1.82) is 0 Å². The number of fused-ring (bicyclic) bond motifs is 1. The third-order valence-electron chi connectivity index (χ3n) is 2.28. The van der Waals surface area contributed by atoms with E-state index in [0.29, 0.717) is 5.82 Å². The predicted octanol–water partition coefficient (Wildman–Crippen LogP) is 2.71. The summed E-state index contributed by atoms with van der Waals surface area (Å²) in [5, 5.41) is 3.16. The van der Waals surface area contributed by atoms with Crippen LogP contribution in [0.2, 0.25) is 0 Å². The van der Waals surface area contributed by atoms with Crippen molar-refractivity contribution >= 4 is 27.4 Å². The van der Waals surface area contributed by atoms with E-state index in [1.54, 1.807) is 6.07 Å². The van der Waals surface area contributed by atoms with Gasteiger partial charge in [-0.15, -0.1) is 0 Å². The minimum Gasteiger partial charge on any atom is -0.454 e. The van der Waals surface area contributed by atoms with Gasteiger partial charge in [0.1, 0.15) is 16.7 Å². The van der Waals surface area contributed by atoms with Gasteiger partial charge in [0, 0.05) is 17.8 Å². The second-order valence-electron chi connectivity index (χ2n) is 3.42. The average molecular weight is 294 g/mol. The molecule has 86 valence electrons. The van der Waals surface area contributed by atoms with Crippen molar-refractivity contribution in [1.82, 2.24) is 9.97 Å². The molecule has 1 aliphatic rings. The summed E-state index contributed by atoms with van der Waals surface area (Å²) < 4.78 is 11.3. The number of ether oxygens (including phenoxy) is 2. The van der Waals surface area contributed by atoms with Gasteiger partial charge in [-0.05, 0) is 28.1 Å². The minimum absolute atomic E-state index is 0.276. The highest BCUT2D eigenvalue weighted by molar-refractivity contribution is 9.10. The van der Waals surface area contributed by atoms with E-state index in [0.717, 1.165) is 21.8 Å². The molecule has 0 radical (unpaired) electrons. The average Bonchev–Trinajstić information content (AvgIpc) is 2.76. The van der Waals surface area contributed by atoms with Crippen molar-refractivity contribution in [3.8, 4) is 11.5 Å². The molecule has 1 aromatic carbocycles. The summed E-state index contributed by atoms with van der Waals surface area (Å²) in [6.07, 6.45) is 1.49. The zero-order valence-corrected chi connectivity index (χ0v) is 10.3. The van der Waals surface area contributed by atoms with Crippen LogP contribution in [0.25, 0.3) is 0 Å². The van der Waals surface area contributed by atoms with Crippen molar-refractivity contribution in [2.45, 2.75) is 0 Å². The molecule has 2 aromatic rings. The van der Waals surface area contributed by atoms with E-state index in [1.165, 1.54) is 6.33 Å². The second kappa shape index (κ2) is 4.21. The summed E-state index contributed by atoms with van der Waals surface area (Å²) in [6, 6.07) is 7.44. The van der Waals surface area contributed by atoms with Gasteiger partial charge >= 0.3 is 0 Å². The first kappa shape index (κ1) is 10.3. The molecule has 0 bridgehead atoms. The van der Waals surface area contributed by atoms with Crippen LogP contribution < -0.4 is 14.8 Å². The van der Waals surface area contributed by atoms with Gasteiger partial charge in [0.05, 0.1) is 0 Å². The van der Waals surface area contributed by atoms with Gasteiger partial charge in [0.25, 0.3) is 0 Å². The number of anilines is 2. The van der Waals surface area contributed by atoms with Gasteiger partial charge in [-0.1, -0.05) is 0 Å². The molecule has 0 unspecified atom stereocenters. The molecule has 17 heavy (non-hydrogen) atoms. The molecule has 0 amide bonds. The molecule has 3 rings (SSSR count). The maximum Gasteiger partial charge on any atom is 0.231 e. The zero-order chi connectivity index (χ0) is 11.7. The number of halogens is 1. The lowest BCUT2D eigenvalue weighted by molar-refractivity contribution is 0.174. The molecule has 1 aromatic heterocycles. The molecule has 0 atom stereocenters. The predicted molar refractivity (Wildman–Crippen MR) is 65.6 cm³/mol. The Morgan fingerprint density at radius 3 is 2.88 bits per heavy atom. The molecule has 5 nitrogen and oxygen atoms in total. The number of aromatic nitrogens is 2. The van der Waals surface area contributed by atoms with Gasteiger partial charge in [-0.2, -0.15) is 0 Å². The quantitative estimate of drug-likeness (QED) is 0.863. The van der Waals surface area contributed by atoms with E-state index >= 15 is 0 Å². The first-order valence-corrected chi connectivity index (χ1v) is 5.75. The fraction of sp³-hybridized carbons (Fsp3) is 0.0909. The van der Waals surface area contributed by atoms with Crippen molar-refractivity contribution < 1.29 is 9.47 Å². The molecule has 1 aliphatic heterocycles. The highest BCUT2D eigenvalue weighted by atomic mass is 79.9. The lowest BCUT2D eigenvalue weighted by Crippen LogP contribution is -1.94. The lowest BCUT2D eigenvalue weighted by Gasteiger charge is -2.06. The molecule has 0 spiro atoms. The Balaban J connectivity index is 1.86. The Morgan fingerprint density at radius 1 is 1.12 bits per heavy atom. The maximum atomic E-state index is 5.30. The summed E-state index contributed by atoms with van der Waals surface area (Å²) in [5.74, 6) is 2.22. The molecule has 0 saturated carbocycles. The maximum absolute atomic E-state index is 5.30. The third kappa shape index (κ3) is 2.16. The lowest BCUT2D eigenvalue weighted by atomic mass is 10.3. The van der Waals surface area contributed by atoms with Gasteiger partial charge < -0.3 is 14.8 Å². The first-order valence-electron chi connectivity index (χ1n) is 4.95. The van der Waals surface area contributed by atoms with E-state index < -0.39 is 0 Å². The van der Waals surface area contributed by atoms with Crippen LogP contribution in [-0.2, 0) is 0 Å². The Labute approximate surface area is 106 Å². The topological polar surface area (TPSA) is 56.3 Å². The van der Waals surface area contributed by atoms with E-state index in [2.05, 4.69) is 31.2 Å². The van der Waals surface area contributed by atoms with Gasteiger partial charge in [-0.3, -0.25) is 0 Å². The Hall–Kier alpha value is -1.82. The molecule has 0 fully saturated rings. The van der Waals surface area contributed by atoms with Gasteiger partial charge in [-0.25, -0.2) is 9.97 Å². The summed E-state index contributed by atoms with van der Waals surface area (Å²) in [5.41, 5.74) is 0.889. The molecule has 1 N–H and O–H groups in total. The van der Waals surface area contributed by atoms with E-state index in [-0.39, 0.29) is 6.79 Å². The van der Waals surface area contributed by atoms with E-state index in [1.807, 2.05) is 18.2 Å². The number of nitrogens with zero attached hydrogens (tertiary/aromatic N) is 2. The Morgan fingerprint density at radius 2 is 2.00 bits per heavy atom. The van der Waals surface area contributed by atoms with Crippen LogP contribution in [-0.4, -0.2) is 16.8 Å². The molecule has 0 saturated heterocycles. The largest absolute Gasteiger partial charge is 0.454 e. The number of benzene rings is 1. The Bertz CT molecular complexity index is 562. The molecular weight excluding hydrogens is 286 g/mol. The fourth-order valence-electron chi connectivity index (χ4n) is 1.52.